The summed E-state index contributed by atoms with van der Waals surface area (Å²) >= 11 is 3.04. The van der Waals surface area contributed by atoms with Gasteiger partial charge in [0.1, 0.15) is 0 Å². The van der Waals surface area contributed by atoms with E-state index in [1.165, 1.54) is 11.3 Å². The highest BCUT2D eigenvalue weighted by atomic mass is 32.2. The Morgan fingerprint density at radius 1 is 1.45 bits per heavy atom. The van der Waals surface area contributed by atoms with Crippen LogP contribution in [0.4, 0.5) is 5.13 Å². The standard InChI is InChI=1S/C14H22N4O2S2/c1-5-9(4)21-14-17-16-13(22-14)15-12(20)10-6-11(19)18(7-10)8(2)3/h8-10H,5-7H2,1-4H3,(H,15,16,20)/t9-,10-/m1/s1. The van der Waals surface area contributed by atoms with Gasteiger partial charge in [0.15, 0.2) is 4.34 Å². The summed E-state index contributed by atoms with van der Waals surface area (Å²) < 4.78 is 0.857. The zero-order chi connectivity index (χ0) is 16.3. The maximum absolute atomic E-state index is 12.3. The summed E-state index contributed by atoms with van der Waals surface area (Å²) in [7, 11) is 0. The second kappa shape index (κ2) is 7.41. The Bertz CT molecular complexity index is 547. The van der Waals surface area contributed by atoms with E-state index < -0.39 is 0 Å². The summed E-state index contributed by atoms with van der Waals surface area (Å²) in [6.07, 6.45) is 1.33. The number of nitrogens with one attached hydrogen (secondary N) is 1. The van der Waals surface area contributed by atoms with E-state index in [1.807, 2.05) is 13.8 Å². The summed E-state index contributed by atoms with van der Waals surface area (Å²) in [5, 5.41) is 11.9. The highest BCUT2D eigenvalue weighted by Gasteiger charge is 2.35. The van der Waals surface area contributed by atoms with Crippen LogP contribution in [0.25, 0.3) is 0 Å². The first-order valence-electron chi connectivity index (χ1n) is 7.51. The molecule has 2 atom stereocenters. The molecule has 2 heterocycles. The van der Waals surface area contributed by atoms with E-state index in [4.69, 9.17) is 0 Å². The molecule has 0 radical (unpaired) electrons. The van der Waals surface area contributed by atoms with Crippen molar-refractivity contribution in [1.82, 2.24) is 15.1 Å². The Balaban J connectivity index is 1.91. The number of rotatable bonds is 6. The quantitative estimate of drug-likeness (QED) is 0.635. The van der Waals surface area contributed by atoms with Crippen molar-refractivity contribution in [3.63, 3.8) is 0 Å². The maximum Gasteiger partial charge on any atom is 0.231 e. The van der Waals surface area contributed by atoms with Gasteiger partial charge in [-0.2, -0.15) is 0 Å². The third-order valence-corrected chi connectivity index (χ3v) is 5.86. The molecule has 0 aliphatic carbocycles. The van der Waals surface area contributed by atoms with Crippen LogP contribution in [0.5, 0.6) is 0 Å². The third kappa shape index (κ3) is 4.19. The molecule has 0 spiro atoms. The Hall–Kier alpha value is -1.15. The van der Waals surface area contributed by atoms with Crippen LogP contribution >= 0.6 is 23.1 Å². The van der Waals surface area contributed by atoms with Crippen LogP contribution in [0.2, 0.25) is 0 Å². The molecule has 1 aromatic heterocycles. The van der Waals surface area contributed by atoms with Crippen LogP contribution < -0.4 is 5.32 Å². The first-order chi connectivity index (χ1) is 10.4. The number of hydrogen-bond donors (Lipinski definition) is 1. The zero-order valence-electron chi connectivity index (χ0n) is 13.3. The molecule has 1 aliphatic rings. The molecule has 1 N–H and O–H groups in total. The minimum absolute atomic E-state index is 0.0421. The van der Waals surface area contributed by atoms with E-state index in [0.717, 1.165) is 10.8 Å². The first kappa shape index (κ1) is 17.2. The van der Waals surface area contributed by atoms with Gasteiger partial charge >= 0.3 is 0 Å². The molecule has 2 amide bonds. The Morgan fingerprint density at radius 2 is 2.18 bits per heavy atom. The lowest BCUT2D eigenvalue weighted by atomic mass is 10.1. The first-order valence-corrected chi connectivity index (χ1v) is 9.20. The molecule has 6 nitrogen and oxygen atoms in total. The van der Waals surface area contributed by atoms with Crippen molar-refractivity contribution in [2.45, 2.75) is 56.2 Å². The molecule has 122 valence electrons. The summed E-state index contributed by atoms with van der Waals surface area (Å²) in [6, 6.07) is 0.130. The molecule has 0 unspecified atom stereocenters. The molecule has 2 rings (SSSR count). The number of aromatic nitrogens is 2. The van der Waals surface area contributed by atoms with Crippen LogP contribution in [0.3, 0.4) is 0 Å². The lowest BCUT2D eigenvalue weighted by Crippen LogP contribution is -2.33. The van der Waals surface area contributed by atoms with Gasteiger partial charge in [-0.1, -0.05) is 36.9 Å². The van der Waals surface area contributed by atoms with Crippen molar-refractivity contribution in [2.75, 3.05) is 11.9 Å². The van der Waals surface area contributed by atoms with Gasteiger partial charge in [-0.25, -0.2) is 0 Å². The van der Waals surface area contributed by atoms with Crippen molar-refractivity contribution in [2.24, 2.45) is 5.92 Å². The fourth-order valence-corrected chi connectivity index (χ4v) is 4.18. The molecule has 8 heteroatoms. The van der Waals surface area contributed by atoms with Crippen molar-refractivity contribution in [3.8, 4) is 0 Å². The predicted molar refractivity (Wildman–Crippen MR) is 89.1 cm³/mol. The van der Waals surface area contributed by atoms with Crippen LogP contribution in [-0.4, -0.2) is 44.7 Å². The molecule has 22 heavy (non-hydrogen) atoms. The summed E-state index contributed by atoms with van der Waals surface area (Å²) in [6.45, 7) is 8.66. The largest absolute Gasteiger partial charge is 0.339 e. The van der Waals surface area contributed by atoms with Gasteiger partial charge in [0.2, 0.25) is 16.9 Å². The second-order valence-electron chi connectivity index (χ2n) is 5.74. The van der Waals surface area contributed by atoms with E-state index >= 15 is 0 Å². The number of nitrogens with zero attached hydrogens (tertiary/aromatic N) is 3. The highest BCUT2D eigenvalue weighted by Crippen LogP contribution is 2.30. The van der Waals surface area contributed by atoms with Crippen molar-refractivity contribution >= 4 is 40.0 Å². The number of thioether (sulfide) groups is 1. The van der Waals surface area contributed by atoms with Gasteiger partial charge in [0.05, 0.1) is 5.92 Å². The smallest absolute Gasteiger partial charge is 0.231 e. The lowest BCUT2D eigenvalue weighted by Gasteiger charge is -2.20. The fourth-order valence-electron chi connectivity index (χ4n) is 2.18. The molecule has 1 saturated heterocycles. The molecule has 0 bridgehead atoms. The fraction of sp³-hybridized carbons (Fsp3) is 0.714. The molecular weight excluding hydrogens is 320 g/mol. The molecule has 1 fully saturated rings. The van der Waals surface area contributed by atoms with Gasteiger partial charge in [0, 0.05) is 24.3 Å². The van der Waals surface area contributed by atoms with E-state index in [0.29, 0.717) is 16.9 Å². The van der Waals surface area contributed by atoms with Gasteiger partial charge in [0.25, 0.3) is 0 Å². The minimum atomic E-state index is -0.301. The van der Waals surface area contributed by atoms with Crippen LogP contribution in [-0.2, 0) is 9.59 Å². The van der Waals surface area contributed by atoms with Crippen LogP contribution in [0.1, 0.15) is 40.5 Å². The Labute approximate surface area is 139 Å². The molecular formula is C14H22N4O2S2. The van der Waals surface area contributed by atoms with Crippen LogP contribution in [0, 0.1) is 5.92 Å². The third-order valence-electron chi connectivity index (χ3n) is 3.67. The van der Waals surface area contributed by atoms with Crippen molar-refractivity contribution in [3.05, 3.63) is 0 Å². The minimum Gasteiger partial charge on any atom is -0.339 e. The van der Waals surface area contributed by atoms with Gasteiger partial charge in [-0.3, -0.25) is 9.59 Å². The number of hydrogen-bond acceptors (Lipinski definition) is 6. The normalized spacial score (nSPS) is 19.8. The highest BCUT2D eigenvalue weighted by molar-refractivity contribution is 8.01. The van der Waals surface area contributed by atoms with E-state index in [1.54, 1.807) is 16.7 Å². The average Bonchev–Trinajstić information content (AvgIpc) is 3.05. The van der Waals surface area contributed by atoms with E-state index in [-0.39, 0.29) is 30.2 Å². The average molecular weight is 342 g/mol. The predicted octanol–water partition coefficient (Wildman–Crippen LogP) is 2.62. The van der Waals surface area contributed by atoms with E-state index in [9.17, 15) is 9.59 Å². The number of likely N-dealkylation sites (tertiary alicyclic amines) is 1. The zero-order valence-corrected chi connectivity index (χ0v) is 15.0. The van der Waals surface area contributed by atoms with Crippen LogP contribution in [0.15, 0.2) is 4.34 Å². The number of anilines is 1. The lowest BCUT2D eigenvalue weighted by molar-refractivity contribution is -0.129. The summed E-state index contributed by atoms with van der Waals surface area (Å²) in [5.74, 6) is -0.405. The second-order valence-corrected chi connectivity index (χ2v) is 8.40. The van der Waals surface area contributed by atoms with Gasteiger partial charge in [-0.15, -0.1) is 10.2 Å². The molecule has 0 aromatic carbocycles. The Morgan fingerprint density at radius 3 is 2.77 bits per heavy atom. The molecule has 0 saturated carbocycles. The van der Waals surface area contributed by atoms with Gasteiger partial charge in [-0.05, 0) is 20.3 Å². The summed E-state index contributed by atoms with van der Waals surface area (Å²) in [5.41, 5.74) is 0. The summed E-state index contributed by atoms with van der Waals surface area (Å²) in [4.78, 5) is 25.9. The topological polar surface area (TPSA) is 75.2 Å². The SMILES string of the molecule is CC[C@@H](C)Sc1nnc(NC(=O)[C@@H]2CC(=O)N(C(C)C)C2)s1. The number of carbonyl (C=O) groups excluding carboxylic acids is 2. The maximum atomic E-state index is 12.3. The number of carbonyl (C=O) groups is 2. The molecule has 1 aliphatic heterocycles. The van der Waals surface area contributed by atoms with Crippen molar-refractivity contribution < 1.29 is 9.59 Å². The molecule has 1 aromatic rings. The van der Waals surface area contributed by atoms with E-state index in [2.05, 4.69) is 29.4 Å². The van der Waals surface area contributed by atoms with Gasteiger partial charge < -0.3 is 10.2 Å². The Kier molecular flexibility index (Phi) is 5.80. The monoisotopic (exact) mass is 342 g/mol. The van der Waals surface area contributed by atoms with Crippen molar-refractivity contribution in [1.29, 1.82) is 0 Å². The number of amides is 2.